The summed E-state index contributed by atoms with van der Waals surface area (Å²) in [6, 6.07) is 2.55. The Kier molecular flexibility index (Phi) is 5.19. The molecular formula is C14H22BrN3O. The molecule has 0 spiro atoms. The van der Waals surface area contributed by atoms with Gasteiger partial charge in [0.25, 0.3) is 0 Å². The number of ether oxygens (including phenoxy) is 1. The first-order valence-corrected chi connectivity index (χ1v) is 7.56. The summed E-state index contributed by atoms with van der Waals surface area (Å²) in [5, 5.41) is 0. The standard InChI is InChI=1S/C14H22BrN3O/c1-10(11-3-4-11)18(5-6-19-2)14-12(8-16)7-13(15)9-17-14/h7,9-11H,3-6,8,16H2,1-2H3. The summed E-state index contributed by atoms with van der Waals surface area (Å²) in [5.74, 6) is 1.79. The average Bonchev–Trinajstić information content (AvgIpc) is 3.24. The highest BCUT2D eigenvalue weighted by Crippen LogP contribution is 2.37. The Labute approximate surface area is 123 Å². The summed E-state index contributed by atoms with van der Waals surface area (Å²) >= 11 is 3.46. The van der Waals surface area contributed by atoms with Crippen molar-refractivity contribution in [1.29, 1.82) is 0 Å². The van der Waals surface area contributed by atoms with Gasteiger partial charge >= 0.3 is 0 Å². The fraction of sp³-hybridized carbons (Fsp3) is 0.643. The van der Waals surface area contributed by atoms with Crippen LogP contribution in [-0.4, -0.2) is 31.3 Å². The van der Waals surface area contributed by atoms with Crippen LogP contribution in [0.15, 0.2) is 16.7 Å². The molecule has 4 nitrogen and oxygen atoms in total. The second kappa shape index (κ2) is 6.68. The highest BCUT2D eigenvalue weighted by molar-refractivity contribution is 9.10. The molecule has 1 aliphatic carbocycles. The van der Waals surface area contributed by atoms with E-state index in [-0.39, 0.29) is 0 Å². The predicted octanol–water partition coefficient (Wildman–Crippen LogP) is 2.55. The zero-order valence-corrected chi connectivity index (χ0v) is 13.2. The molecule has 0 radical (unpaired) electrons. The summed E-state index contributed by atoms with van der Waals surface area (Å²) in [5.41, 5.74) is 6.94. The number of hydrogen-bond acceptors (Lipinski definition) is 4. The van der Waals surface area contributed by atoms with E-state index >= 15 is 0 Å². The Morgan fingerprint density at radius 3 is 2.89 bits per heavy atom. The van der Waals surface area contributed by atoms with Gasteiger partial charge < -0.3 is 15.4 Å². The second-order valence-electron chi connectivity index (χ2n) is 5.10. The van der Waals surface area contributed by atoms with Crippen LogP contribution < -0.4 is 10.6 Å². The number of hydrogen-bond donors (Lipinski definition) is 1. The van der Waals surface area contributed by atoms with Gasteiger partial charge in [-0.15, -0.1) is 0 Å². The van der Waals surface area contributed by atoms with Crippen molar-refractivity contribution in [1.82, 2.24) is 4.98 Å². The second-order valence-corrected chi connectivity index (χ2v) is 6.02. The molecule has 1 aromatic heterocycles. The van der Waals surface area contributed by atoms with Crippen LogP contribution in [0.4, 0.5) is 5.82 Å². The molecule has 1 heterocycles. The van der Waals surface area contributed by atoms with E-state index in [4.69, 9.17) is 10.5 Å². The number of anilines is 1. The number of nitrogens with two attached hydrogens (primary N) is 1. The van der Waals surface area contributed by atoms with Crippen LogP contribution in [0.3, 0.4) is 0 Å². The van der Waals surface area contributed by atoms with Gasteiger partial charge in [-0.05, 0) is 47.7 Å². The van der Waals surface area contributed by atoms with E-state index in [2.05, 4.69) is 38.8 Å². The monoisotopic (exact) mass is 327 g/mol. The van der Waals surface area contributed by atoms with E-state index in [0.29, 0.717) is 19.2 Å². The Hall–Kier alpha value is -0.650. The van der Waals surface area contributed by atoms with Crippen LogP contribution in [0.5, 0.6) is 0 Å². The van der Waals surface area contributed by atoms with Gasteiger partial charge in [0.2, 0.25) is 0 Å². The molecular weight excluding hydrogens is 306 g/mol. The van der Waals surface area contributed by atoms with Crippen LogP contribution in [0.2, 0.25) is 0 Å². The van der Waals surface area contributed by atoms with E-state index < -0.39 is 0 Å². The smallest absolute Gasteiger partial charge is 0.133 e. The largest absolute Gasteiger partial charge is 0.383 e. The van der Waals surface area contributed by atoms with Gasteiger partial charge in [-0.1, -0.05) is 0 Å². The van der Waals surface area contributed by atoms with Crippen molar-refractivity contribution in [3.63, 3.8) is 0 Å². The zero-order valence-electron chi connectivity index (χ0n) is 11.6. The van der Waals surface area contributed by atoms with Crippen LogP contribution >= 0.6 is 15.9 Å². The zero-order chi connectivity index (χ0) is 13.8. The third kappa shape index (κ3) is 3.68. The minimum absolute atomic E-state index is 0.495. The molecule has 0 bridgehead atoms. The van der Waals surface area contributed by atoms with Gasteiger partial charge in [0.05, 0.1) is 6.61 Å². The van der Waals surface area contributed by atoms with Crippen LogP contribution in [-0.2, 0) is 11.3 Å². The summed E-state index contributed by atoms with van der Waals surface area (Å²) in [6.45, 7) is 4.34. The van der Waals surface area contributed by atoms with Gasteiger partial charge in [-0.2, -0.15) is 0 Å². The molecule has 1 fully saturated rings. The van der Waals surface area contributed by atoms with Crippen molar-refractivity contribution >= 4 is 21.7 Å². The molecule has 5 heteroatoms. The number of rotatable bonds is 7. The van der Waals surface area contributed by atoms with Crippen LogP contribution in [0.1, 0.15) is 25.3 Å². The Bertz CT molecular complexity index is 423. The fourth-order valence-electron chi connectivity index (χ4n) is 2.41. The quantitative estimate of drug-likeness (QED) is 0.836. The molecule has 0 saturated heterocycles. The number of nitrogens with zero attached hydrogens (tertiary/aromatic N) is 2. The third-order valence-corrected chi connectivity index (χ3v) is 4.17. The van der Waals surface area contributed by atoms with Crippen molar-refractivity contribution in [2.45, 2.75) is 32.4 Å². The summed E-state index contributed by atoms with van der Waals surface area (Å²) < 4.78 is 6.21. The van der Waals surface area contributed by atoms with Gasteiger partial charge in [0, 0.05) is 42.5 Å². The van der Waals surface area contributed by atoms with Crippen LogP contribution in [0.25, 0.3) is 0 Å². The number of halogens is 1. The lowest BCUT2D eigenvalue weighted by molar-refractivity contribution is 0.202. The Morgan fingerprint density at radius 2 is 2.32 bits per heavy atom. The third-order valence-electron chi connectivity index (χ3n) is 3.73. The molecule has 2 N–H and O–H groups in total. The van der Waals surface area contributed by atoms with Crippen molar-refractivity contribution < 1.29 is 4.74 Å². The van der Waals surface area contributed by atoms with Gasteiger partial charge in [-0.3, -0.25) is 0 Å². The Balaban J connectivity index is 2.25. The number of pyridine rings is 1. The fourth-order valence-corrected chi connectivity index (χ4v) is 2.79. The molecule has 0 amide bonds. The highest BCUT2D eigenvalue weighted by atomic mass is 79.9. The van der Waals surface area contributed by atoms with E-state index in [0.717, 1.165) is 28.3 Å². The van der Waals surface area contributed by atoms with E-state index in [1.165, 1.54) is 12.8 Å². The minimum atomic E-state index is 0.495. The van der Waals surface area contributed by atoms with Crippen LogP contribution in [0, 0.1) is 5.92 Å². The molecule has 2 rings (SSSR count). The van der Waals surface area contributed by atoms with Crippen molar-refractivity contribution in [3.8, 4) is 0 Å². The lowest BCUT2D eigenvalue weighted by Crippen LogP contribution is -2.38. The molecule has 1 saturated carbocycles. The molecule has 1 aliphatic rings. The lowest BCUT2D eigenvalue weighted by atomic mass is 10.1. The van der Waals surface area contributed by atoms with Gasteiger partial charge in [0.15, 0.2) is 0 Å². The van der Waals surface area contributed by atoms with E-state index in [1.807, 2.05) is 6.20 Å². The SMILES string of the molecule is COCCN(c1ncc(Br)cc1CN)C(C)C1CC1. The highest BCUT2D eigenvalue weighted by Gasteiger charge is 2.33. The molecule has 1 unspecified atom stereocenters. The lowest BCUT2D eigenvalue weighted by Gasteiger charge is -2.31. The Morgan fingerprint density at radius 1 is 1.58 bits per heavy atom. The van der Waals surface area contributed by atoms with Gasteiger partial charge in [-0.25, -0.2) is 4.98 Å². The summed E-state index contributed by atoms with van der Waals surface area (Å²) in [4.78, 5) is 6.92. The van der Waals surface area contributed by atoms with Crippen molar-refractivity contribution in [3.05, 3.63) is 22.3 Å². The number of methoxy groups -OCH3 is 1. The molecule has 0 aliphatic heterocycles. The average molecular weight is 328 g/mol. The molecule has 106 valence electrons. The molecule has 1 atom stereocenters. The van der Waals surface area contributed by atoms with E-state index in [9.17, 15) is 0 Å². The maximum absolute atomic E-state index is 5.86. The summed E-state index contributed by atoms with van der Waals surface area (Å²) in [7, 11) is 1.73. The molecule has 0 aromatic carbocycles. The number of aromatic nitrogens is 1. The first-order chi connectivity index (χ1) is 9.17. The van der Waals surface area contributed by atoms with E-state index in [1.54, 1.807) is 7.11 Å². The predicted molar refractivity (Wildman–Crippen MR) is 81.2 cm³/mol. The minimum Gasteiger partial charge on any atom is -0.383 e. The molecule has 1 aromatic rings. The summed E-state index contributed by atoms with van der Waals surface area (Å²) in [6.07, 6.45) is 4.48. The maximum atomic E-state index is 5.86. The first-order valence-electron chi connectivity index (χ1n) is 6.77. The molecule has 19 heavy (non-hydrogen) atoms. The first kappa shape index (κ1) is 14.8. The normalized spacial score (nSPS) is 16.4. The van der Waals surface area contributed by atoms with Crippen molar-refractivity contribution in [2.24, 2.45) is 11.7 Å². The van der Waals surface area contributed by atoms with Crippen molar-refractivity contribution in [2.75, 3.05) is 25.2 Å². The topological polar surface area (TPSA) is 51.4 Å². The van der Waals surface area contributed by atoms with Gasteiger partial charge in [0.1, 0.15) is 5.82 Å². The maximum Gasteiger partial charge on any atom is 0.133 e.